The molecule has 1 fully saturated rings. The second-order valence-electron chi connectivity index (χ2n) is 5.26. The molecule has 5 nitrogen and oxygen atoms in total. The minimum absolute atomic E-state index is 0.0155. The molecule has 21 heavy (non-hydrogen) atoms. The van der Waals surface area contributed by atoms with Gasteiger partial charge in [-0.2, -0.15) is 0 Å². The number of amides is 1. The monoisotopic (exact) mass is 302 g/mol. The van der Waals surface area contributed by atoms with E-state index in [1.165, 1.54) is 29.7 Å². The summed E-state index contributed by atoms with van der Waals surface area (Å²) in [5.74, 6) is 0.717. The van der Waals surface area contributed by atoms with Crippen molar-refractivity contribution in [3.63, 3.8) is 0 Å². The quantitative estimate of drug-likeness (QED) is 0.821. The van der Waals surface area contributed by atoms with Gasteiger partial charge in [0.25, 0.3) is 0 Å². The standard InChI is InChI=1S/C15H18N4OS/c20-13(16-9-12-6-7-12)10-17-15-19-18-14(21-15)8-11-4-2-1-3-5-11/h1-5,12H,6-10H2,(H,16,20)(H,17,19). The molecule has 0 radical (unpaired) electrons. The molecule has 0 saturated heterocycles. The van der Waals surface area contributed by atoms with E-state index in [4.69, 9.17) is 0 Å². The highest BCUT2D eigenvalue weighted by molar-refractivity contribution is 7.15. The molecular formula is C15H18N4OS. The predicted molar refractivity (Wildman–Crippen MR) is 83.4 cm³/mol. The molecule has 3 rings (SSSR count). The van der Waals surface area contributed by atoms with Gasteiger partial charge in [0.1, 0.15) is 5.01 Å². The zero-order valence-corrected chi connectivity index (χ0v) is 12.5. The first-order chi connectivity index (χ1) is 10.3. The van der Waals surface area contributed by atoms with E-state index in [9.17, 15) is 4.79 Å². The van der Waals surface area contributed by atoms with Crippen LogP contribution in [-0.2, 0) is 11.2 Å². The second-order valence-corrected chi connectivity index (χ2v) is 6.33. The third-order valence-electron chi connectivity index (χ3n) is 3.35. The molecule has 1 aromatic heterocycles. The Morgan fingerprint density at radius 3 is 2.81 bits per heavy atom. The Balaban J connectivity index is 1.45. The summed E-state index contributed by atoms with van der Waals surface area (Å²) in [6, 6.07) is 10.2. The number of hydrogen-bond acceptors (Lipinski definition) is 5. The van der Waals surface area contributed by atoms with Crippen LogP contribution in [0.5, 0.6) is 0 Å². The summed E-state index contributed by atoms with van der Waals surface area (Å²) in [6.45, 7) is 1.06. The van der Waals surface area contributed by atoms with Crippen LogP contribution in [0.25, 0.3) is 0 Å². The van der Waals surface area contributed by atoms with Crippen LogP contribution in [-0.4, -0.2) is 29.2 Å². The first-order valence-corrected chi connectivity index (χ1v) is 7.98. The Morgan fingerprint density at radius 2 is 2.05 bits per heavy atom. The molecule has 1 aromatic carbocycles. The SMILES string of the molecule is O=C(CNc1nnc(Cc2ccccc2)s1)NCC1CC1. The molecule has 1 heterocycles. The number of anilines is 1. The average Bonchev–Trinajstić information content (AvgIpc) is 3.23. The summed E-state index contributed by atoms with van der Waals surface area (Å²) in [4.78, 5) is 11.6. The molecular weight excluding hydrogens is 284 g/mol. The number of benzene rings is 1. The molecule has 0 unspecified atom stereocenters. The van der Waals surface area contributed by atoms with Gasteiger partial charge in [-0.05, 0) is 24.3 Å². The maximum atomic E-state index is 11.6. The van der Waals surface area contributed by atoms with Crippen LogP contribution >= 0.6 is 11.3 Å². The topological polar surface area (TPSA) is 66.9 Å². The average molecular weight is 302 g/mol. The first kappa shape index (κ1) is 14.0. The summed E-state index contributed by atoms with van der Waals surface area (Å²) >= 11 is 1.49. The van der Waals surface area contributed by atoms with E-state index >= 15 is 0 Å². The highest BCUT2D eigenvalue weighted by atomic mass is 32.1. The van der Waals surface area contributed by atoms with Crippen molar-refractivity contribution in [2.75, 3.05) is 18.4 Å². The zero-order valence-electron chi connectivity index (χ0n) is 11.7. The molecule has 0 atom stereocenters. The Morgan fingerprint density at radius 1 is 1.24 bits per heavy atom. The van der Waals surface area contributed by atoms with Gasteiger partial charge in [-0.3, -0.25) is 4.79 Å². The third kappa shape index (κ3) is 4.53. The molecule has 110 valence electrons. The number of carbonyl (C=O) groups is 1. The number of nitrogens with one attached hydrogen (secondary N) is 2. The van der Waals surface area contributed by atoms with Crippen molar-refractivity contribution in [1.82, 2.24) is 15.5 Å². The molecule has 1 aliphatic rings. The Hall–Kier alpha value is -1.95. The van der Waals surface area contributed by atoms with Crippen LogP contribution in [0.1, 0.15) is 23.4 Å². The van der Waals surface area contributed by atoms with Gasteiger partial charge in [-0.1, -0.05) is 41.7 Å². The van der Waals surface area contributed by atoms with E-state index in [1.807, 2.05) is 18.2 Å². The molecule has 6 heteroatoms. The lowest BCUT2D eigenvalue weighted by Gasteiger charge is -2.03. The van der Waals surface area contributed by atoms with Gasteiger partial charge < -0.3 is 10.6 Å². The molecule has 2 N–H and O–H groups in total. The van der Waals surface area contributed by atoms with E-state index in [1.54, 1.807) is 0 Å². The number of nitrogens with zero attached hydrogens (tertiary/aromatic N) is 2. The van der Waals surface area contributed by atoms with Gasteiger partial charge in [0.05, 0.1) is 6.54 Å². The summed E-state index contributed by atoms with van der Waals surface area (Å²) in [5.41, 5.74) is 1.21. The molecule has 0 aliphatic heterocycles. The maximum Gasteiger partial charge on any atom is 0.239 e. The molecule has 1 saturated carbocycles. The fourth-order valence-electron chi connectivity index (χ4n) is 1.97. The van der Waals surface area contributed by atoms with Crippen LogP contribution in [0.15, 0.2) is 30.3 Å². The summed E-state index contributed by atoms with van der Waals surface area (Å²) in [7, 11) is 0. The van der Waals surface area contributed by atoms with Crippen LogP contribution < -0.4 is 10.6 Å². The largest absolute Gasteiger partial charge is 0.354 e. The van der Waals surface area contributed by atoms with Gasteiger partial charge in [0.15, 0.2) is 0 Å². The smallest absolute Gasteiger partial charge is 0.239 e. The maximum absolute atomic E-state index is 11.6. The number of aromatic nitrogens is 2. The number of carbonyl (C=O) groups excluding carboxylic acids is 1. The predicted octanol–water partition coefficient (Wildman–Crippen LogP) is 2.07. The molecule has 0 spiro atoms. The minimum Gasteiger partial charge on any atom is -0.354 e. The number of hydrogen-bond donors (Lipinski definition) is 2. The Bertz CT molecular complexity index is 595. The van der Waals surface area contributed by atoms with Crippen molar-refractivity contribution in [2.45, 2.75) is 19.3 Å². The van der Waals surface area contributed by atoms with E-state index < -0.39 is 0 Å². The highest BCUT2D eigenvalue weighted by Gasteiger charge is 2.21. The van der Waals surface area contributed by atoms with Crippen LogP contribution in [0.3, 0.4) is 0 Å². The van der Waals surface area contributed by atoms with Gasteiger partial charge in [-0.15, -0.1) is 10.2 Å². The van der Waals surface area contributed by atoms with E-state index in [0.717, 1.165) is 18.0 Å². The van der Waals surface area contributed by atoms with Gasteiger partial charge in [0, 0.05) is 13.0 Å². The summed E-state index contributed by atoms with van der Waals surface area (Å²) in [5, 5.41) is 15.8. The second kappa shape index (κ2) is 6.67. The molecule has 2 aromatic rings. The van der Waals surface area contributed by atoms with Crippen molar-refractivity contribution in [3.8, 4) is 0 Å². The lowest BCUT2D eigenvalue weighted by molar-refractivity contribution is -0.119. The minimum atomic E-state index is 0.0155. The third-order valence-corrected chi connectivity index (χ3v) is 4.23. The van der Waals surface area contributed by atoms with E-state index in [-0.39, 0.29) is 12.5 Å². The summed E-state index contributed by atoms with van der Waals surface area (Å²) < 4.78 is 0. The van der Waals surface area contributed by atoms with Crippen LogP contribution in [0.2, 0.25) is 0 Å². The molecule has 0 bridgehead atoms. The Labute approximate surface area is 127 Å². The van der Waals surface area contributed by atoms with Crippen molar-refractivity contribution < 1.29 is 4.79 Å². The fraction of sp³-hybridized carbons (Fsp3) is 0.400. The van der Waals surface area contributed by atoms with Gasteiger partial charge in [-0.25, -0.2) is 0 Å². The molecule has 1 amide bonds. The zero-order chi connectivity index (χ0) is 14.5. The lowest BCUT2D eigenvalue weighted by Crippen LogP contribution is -2.31. The lowest BCUT2D eigenvalue weighted by atomic mass is 10.2. The van der Waals surface area contributed by atoms with Crippen molar-refractivity contribution >= 4 is 22.4 Å². The fourth-order valence-corrected chi connectivity index (χ4v) is 2.74. The molecule has 1 aliphatic carbocycles. The van der Waals surface area contributed by atoms with Crippen LogP contribution in [0, 0.1) is 5.92 Å². The normalized spacial score (nSPS) is 13.9. The van der Waals surface area contributed by atoms with Crippen molar-refractivity contribution in [3.05, 3.63) is 40.9 Å². The van der Waals surface area contributed by atoms with Gasteiger partial charge in [0.2, 0.25) is 11.0 Å². The van der Waals surface area contributed by atoms with Crippen LogP contribution in [0.4, 0.5) is 5.13 Å². The summed E-state index contributed by atoms with van der Waals surface area (Å²) in [6.07, 6.45) is 3.26. The van der Waals surface area contributed by atoms with Crippen molar-refractivity contribution in [2.24, 2.45) is 5.92 Å². The van der Waals surface area contributed by atoms with E-state index in [2.05, 4.69) is 33.0 Å². The highest BCUT2D eigenvalue weighted by Crippen LogP contribution is 2.27. The van der Waals surface area contributed by atoms with Crippen molar-refractivity contribution in [1.29, 1.82) is 0 Å². The Kier molecular flexibility index (Phi) is 4.45. The number of rotatable bonds is 7. The first-order valence-electron chi connectivity index (χ1n) is 7.16. The van der Waals surface area contributed by atoms with Gasteiger partial charge >= 0.3 is 0 Å². The van der Waals surface area contributed by atoms with E-state index in [0.29, 0.717) is 11.0 Å².